The van der Waals surface area contributed by atoms with Crippen LogP contribution in [0.1, 0.15) is 24.7 Å². The van der Waals surface area contributed by atoms with Crippen LogP contribution in [-0.4, -0.2) is 22.4 Å². The van der Waals surface area contributed by atoms with Crippen LogP contribution in [0.25, 0.3) is 22.7 Å². The number of hydrogen-bond acceptors (Lipinski definition) is 2. The number of para-hydroxylation sites is 2. The molecule has 1 aromatic heterocycles. The monoisotopic (exact) mass is 305 g/mol. The first-order valence-corrected chi connectivity index (χ1v) is 7.78. The molecule has 0 saturated carbocycles. The standard InChI is InChI=1S/C19H19N3O/c1-2-12-20-19(23)15(13-14-8-4-3-5-9-14)18-21-16-10-6-7-11-17(16)22-18/h3-11,13H,2,12H2,1H3,(H,20,23)(H,21,22). The van der Waals surface area contributed by atoms with Gasteiger partial charge in [-0.25, -0.2) is 4.98 Å². The van der Waals surface area contributed by atoms with Crippen LogP contribution in [0.3, 0.4) is 0 Å². The Hall–Kier alpha value is -2.88. The van der Waals surface area contributed by atoms with Crippen molar-refractivity contribution < 1.29 is 4.79 Å². The van der Waals surface area contributed by atoms with Crippen molar-refractivity contribution in [3.05, 3.63) is 66.0 Å². The molecule has 0 aliphatic rings. The quantitative estimate of drug-likeness (QED) is 0.707. The normalized spacial score (nSPS) is 11.6. The van der Waals surface area contributed by atoms with Crippen LogP contribution in [-0.2, 0) is 4.79 Å². The lowest BCUT2D eigenvalue weighted by Gasteiger charge is -2.06. The molecule has 3 aromatic rings. The van der Waals surface area contributed by atoms with Gasteiger partial charge < -0.3 is 10.3 Å². The number of H-pyrrole nitrogens is 1. The lowest BCUT2D eigenvalue weighted by molar-refractivity contribution is -0.115. The fourth-order valence-electron chi connectivity index (χ4n) is 2.37. The predicted molar refractivity (Wildman–Crippen MR) is 93.7 cm³/mol. The van der Waals surface area contributed by atoms with Gasteiger partial charge in [0, 0.05) is 6.54 Å². The number of amides is 1. The minimum atomic E-state index is -0.116. The van der Waals surface area contributed by atoms with Crippen LogP contribution in [0, 0.1) is 0 Å². The van der Waals surface area contributed by atoms with E-state index in [0.717, 1.165) is 23.0 Å². The number of carbonyl (C=O) groups is 1. The minimum Gasteiger partial charge on any atom is -0.352 e. The molecule has 0 aliphatic heterocycles. The van der Waals surface area contributed by atoms with Crippen LogP contribution in [0.2, 0.25) is 0 Å². The fourth-order valence-corrected chi connectivity index (χ4v) is 2.37. The molecular formula is C19H19N3O. The van der Waals surface area contributed by atoms with Crippen LogP contribution < -0.4 is 5.32 Å². The van der Waals surface area contributed by atoms with Crippen molar-refractivity contribution in [2.75, 3.05) is 6.54 Å². The van der Waals surface area contributed by atoms with Crippen LogP contribution in [0.4, 0.5) is 0 Å². The summed E-state index contributed by atoms with van der Waals surface area (Å²) in [7, 11) is 0. The third kappa shape index (κ3) is 3.48. The summed E-state index contributed by atoms with van der Waals surface area (Å²) < 4.78 is 0. The first kappa shape index (κ1) is 15.0. The van der Waals surface area contributed by atoms with Crippen molar-refractivity contribution in [2.45, 2.75) is 13.3 Å². The molecule has 0 unspecified atom stereocenters. The van der Waals surface area contributed by atoms with Crippen LogP contribution in [0.5, 0.6) is 0 Å². The second-order valence-electron chi connectivity index (χ2n) is 5.33. The molecule has 0 bridgehead atoms. The molecule has 0 aliphatic carbocycles. The third-order valence-corrected chi connectivity index (χ3v) is 3.54. The Labute approximate surface area is 135 Å². The number of carbonyl (C=O) groups excluding carboxylic acids is 1. The number of aromatic amines is 1. The van der Waals surface area contributed by atoms with Gasteiger partial charge in [0.15, 0.2) is 0 Å². The van der Waals surface area contributed by atoms with Gasteiger partial charge >= 0.3 is 0 Å². The fraction of sp³-hybridized carbons (Fsp3) is 0.158. The van der Waals surface area contributed by atoms with Crippen molar-refractivity contribution in [1.29, 1.82) is 0 Å². The highest BCUT2D eigenvalue weighted by Crippen LogP contribution is 2.20. The highest BCUT2D eigenvalue weighted by molar-refractivity contribution is 6.23. The molecule has 23 heavy (non-hydrogen) atoms. The summed E-state index contributed by atoms with van der Waals surface area (Å²) >= 11 is 0. The molecule has 4 nitrogen and oxygen atoms in total. The molecule has 0 radical (unpaired) electrons. The third-order valence-electron chi connectivity index (χ3n) is 3.54. The van der Waals surface area contributed by atoms with E-state index >= 15 is 0 Å². The van der Waals surface area contributed by atoms with Crippen LogP contribution in [0.15, 0.2) is 54.6 Å². The van der Waals surface area contributed by atoms with Crippen molar-refractivity contribution >= 4 is 28.6 Å². The molecule has 4 heteroatoms. The molecule has 1 heterocycles. The Kier molecular flexibility index (Phi) is 4.52. The van der Waals surface area contributed by atoms with E-state index in [2.05, 4.69) is 15.3 Å². The van der Waals surface area contributed by atoms with Crippen molar-refractivity contribution in [1.82, 2.24) is 15.3 Å². The Balaban J connectivity index is 2.03. The highest BCUT2D eigenvalue weighted by atomic mass is 16.1. The number of fused-ring (bicyclic) bond motifs is 1. The summed E-state index contributed by atoms with van der Waals surface area (Å²) in [6.45, 7) is 2.67. The summed E-state index contributed by atoms with van der Waals surface area (Å²) in [6.07, 6.45) is 2.76. The van der Waals surface area contributed by atoms with Gasteiger partial charge in [-0.1, -0.05) is 49.4 Å². The molecule has 1 amide bonds. The van der Waals surface area contributed by atoms with Gasteiger partial charge in [0.05, 0.1) is 16.6 Å². The average Bonchev–Trinajstić information content (AvgIpc) is 3.02. The summed E-state index contributed by atoms with van der Waals surface area (Å²) in [5.74, 6) is 0.471. The molecule has 2 N–H and O–H groups in total. The van der Waals surface area contributed by atoms with Crippen molar-refractivity contribution in [3.8, 4) is 0 Å². The molecule has 0 saturated heterocycles. The van der Waals surface area contributed by atoms with Gasteiger partial charge in [0.2, 0.25) is 0 Å². The average molecular weight is 305 g/mol. The second-order valence-corrected chi connectivity index (χ2v) is 5.33. The molecule has 0 spiro atoms. The van der Waals surface area contributed by atoms with E-state index in [1.807, 2.05) is 67.6 Å². The summed E-state index contributed by atoms with van der Waals surface area (Å²) in [5.41, 5.74) is 3.28. The Morgan fingerprint density at radius 3 is 2.61 bits per heavy atom. The first-order chi connectivity index (χ1) is 11.3. The molecule has 0 atom stereocenters. The smallest absolute Gasteiger partial charge is 0.255 e. The van der Waals surface area contributed by atoms with Gasteiger partial charge in [0.1, 0.15) is 5.82 Å². The van der Waals surface area contributed by atoms with Crippen molar-refractivity contribution in [3.63, 3.8) is 0 Å². The van der Waals surface area contributed by atoms with Crippen molar-refractivity contribution in [2.24, 2.45) is 0 Å². The van der Waals surface area contributed by atoms with E-state index in [1.54, 1.807) is 0 Å². The first-order valence-electron chi connectivity index (χ1n) is 7.78. The number of hydrogen-bond donors (Lipinski definition) is 2. The van der Waals surface area contributed by atoms with E-state index in [1.165, 1.54) is 0 Å². The van der Waals surface area contributed by atoms with Gasteiger partial charge in [-0.15, -0.1) is 0 Å². The Morgan fingerprint density at radius 1 is 1.13 bits per heavy atom. The number of imidazole rings is 1. The Bertz CT molecular complexity index is 801. The maximum absolute atomic E-state index is 12.5. The summed E-state index contributed by atoms with van der Waals surface area (Å²) in [4.78, 5) is 20.3. The van der Waals surface area contributed by atoms with E-state index in [9.17, 15) is 4.79 Å². The van der Waals surface area contributed by atoms with E-state index < -0.39 is 0 Å². The largest absolute Gasteiger partial charge is 0.352 e. The lowest BCUT2D eigenvalue weighted by Crippen LogP contribution is -2.25. The SMILES string of the molecule is CCCNC(=O)C(=Cc1ccccc1)c1nc2ccccc2[nH]1. The van der Waals surface area contributed by atoms with E-state index in [4.69, 9.17) is 0 Å². The molecule has 0 fully saturated rings. The molecule has 3 rings (SSSR count). The second kappa shape index (κ2) is 6.92. The maximum Gasteiger partial charge on any atom is 0.255 e. The molecule has 116 valence electrons. The van der Waals surface area contributed by atoms with Gasteiger partial charge in [-0.3, -0.25) is 4.79 Å². The Morgan fingerprint density at radius 2 is 1.87 bits per heavy atom. The number of rotatable bonds is 5. The number of benzene rings is 2. The van der Waals surface area contributed by atoms with Gasteiger partial charge in [-0.05, 0) is 30.2 Å². The maximum atomic E-state index is 12.5. The zero-order valence-electron chi connectivity index (χ0n) is 13.0. The summed E-state index contributed by atoms with van der Waals surface area (Å²) in [5, 5.41) is 2.93. The van der Waals surface area contributed by atoms with Gasteiger partial charge in [-0.2, -0.15) is 0 Å². The number of aromatic nitrogens is 2. The molecular weight excluding hydrogens is 286 g/mol. The minimum absolute atomic E-state index is 0.116. The predicted octanol–water partition coefficient (Wildman–Crippen LogP) is 3.63. The van der Waals surface area contributed by atoms with E-state index in [0.29, 0.717) is 17.9 Å². The number of nitrogens with one attached hydrogen (secondary N) is 2. The summed E-state index contributed by atoms with van der Waals surface area (Å²) in [6, 6.07) is 17.6. The number of nitrogens with zero attached hydrogens (tertiary/aromatic N) is 1. The highest BCUT2D eigenvalue weighted by Gasteiger charge is 2.15. The van der Waals surface area contributed by atoms with E-state index in [-0.39, 0.29) is 5.91 Å². The topological polar surface area (TPSA) is 57.8 Å². The molecule has 2 aromatic carbocycles. The van der Waals surface area contributed by atoms with Crippen LogP contribution >= 0.6 is 0 Å². The zero-order valence-corrected chi connectivity index (χ0v) is 13.0. The lowest BCUT2D eigenvalue weighted by atomic mass is 10.1. The zero-order chi connectivity index (χ0) is 16.1. The van der Waals surface area contributed by atoms with Gasteiger partial charge in [0.25, 0.3) is 5.91 Å².